The molecular weight excluding hydrogens is 304 g/mol. The first-order valence-electron chi connectivity index (χ1n) is 7.69. The molecular formula is C17H23ClO2S. The normalized spacial score (nSPS) is 25.7. The number of carboxylic acids is 1. The molecule has 0 saturated heterocycles. The smallest absolute Gasteiger partial charge is 0.307 e. The van der Waals surface area contributed by atoms with Crippen molar-refractivity contribution < 1.29 is 9.90 Å². The van der Waals surface area contributed by atoms with Crippen molar-refractivity contribution >= 4 is 29.3 Å². The van der Waals surface area contributed by atoms with Gasteiger partial charge in [-0.2, -0.15) is 11.8 Å². The summed E-state index contributed by atoms with van der Waals surface area (Å²) in [7, 11) is 0. The van der Waals surface area contributed by atoms with Gasteiger partial charge in [0.25, 0.3) is 0 Å². The van der Waals surface area contributed by atoms with Gasteiger partial charge < -0.3 is 5.11 Å². The molecule has 0 aromatic heterocycles. The highest BCUT2D eigenvalue weighted by Gasteiger charge is 2.34. The fourth-order valence-corrected chi connectivity index (χ4v) is 4.75. The number of hydrogen-bond donors (Lipinski definition) is 1. The molecule has 0 heterocycles. The van der Waals surface area contributed by atoms with Crippen LogP contribution in [-0.2, 0) is 10.5 Å². The molecule has 4 heteroatoms. The average Bonchev–Trinajstić information content (AvgIpc) is 2.47. The summed E-state index contributed by atoms with van der Waals surface area (Å²) in [5.74, 6) is 0.757. The minimum atomic E-state index is -0.626. The van der Waals surface area contributed by atoms with Crippen LogP contribution in [0.5, 0.6) is 0 Å². The summed E-state index contributed by atoms with van der Waals surface area (Å²) < 4.78 is 0. The Kier molecular flexibility index (Phi) is 6.43. The molecule has 0 amide bonds. The van der Waals surface area contributed by atoms with Crippen LogP contribution in [0, 0.1) is 11.8 Å². The van der Waals surface area contributed by atoms with Gasteiger partial charge in [0.15, 0.2) is 0 Å². The van der Waals surface area contributed by atoms with E-state index >= 15 is 0 Å². The molecule has 3 atom stereocenters. The first-order chi connectivity index (χ1) is 10.1. The Hall–Kier alpha value is -0.670. The molecule has 0 bridgehead atoms. The van der Waals surface area contributed by atoms with E-state index in [2.05, 4.69) is 6.92 Å². The molecule has 116 valence electrons. The highest BCUT2D eigenvalue weighted by Crippen LogP contribution is 2.39. The molecule has 2 rings (SSSR count). The van der Waals surface area contributed by atoms with Crippen LogP contribution in [-0.4, -0.2) is 16.3 Å². The van der Waals surface area contributed by atoms with Crippen LogP contribution in [0.3, 0.4) is 0 Å². The molecule has 1 N–H and O–H groups in total. The molecule has 2 nitrogen and oxygen atoms in total. The second-order valence-electron chi connectivity index (χ2n) is 5.89. The Morgan fingerprint density at radius 1 is 1.33 bits per heavy atom. The maximum Gasteiger partial charge on any atom is 0.307 e. The second-order valence-corrected chi connectivity index (χ2v) is 7.55. The first-order valence-corrected chi connectivity index (χ1v) is 9.11. The monoisotopic (exact) mass is 326 g/mol. The van der Waals surface area contributed by atoms with E-state index in [0.717, 1.165) is 30.0 Å². The number of aliphatic carboxylic acids is 1. The molecule has 1 aliphatic carbocycles. The Morgan fingerprint density at radius 3 is 2.67 bits per heavy atom. The first kappa shape index (κ1) is 16.7. The van der Waals surface area contributed by atoms with Crippen LogP contribution in [0.2, 0.25) is 5.02 Å². The SMILES string of the molecule is CCCC1CCC(C(=O)O)C(SCc2ccc(Cl)cc2)C1. The lowest BCUT2D eigenvalue weighted by Crippen LogP contribution is -2.32. The van der Waals surface area contributed by atoms with Gasteiger partial charge in [0.2, 0.25) is 0 Å². The summed E-state index contributed by atoms with van der Waals surface area (Å²) in [5.41, 5.74) is 1.21. The quantitative estimate of drug-likeness (QED) is 0.776. The van der Waals surface area contributed by atoms with Gasteiger partial charge >= 0.3 is 5.97 Å². The van der Waals surface area contributed by atoms with E-state index in [0.29, 0.717) is 5.92 Å². The zero-order valence-electron chi connectivity index (χ0n) is 12.4. The van der Waals surface area contributed by atoms with Crippen molar-refractivity contribution in [2.75, 3.05) is 0 Å². The Bertz CT molecular complexity index is 460. The Labute approximate surface area is 136 Å². The van der Waals surface area contributed by atoms with Gasteiger partial charge in [-0.3, -0.25) is 4.79 Å². The molecule has 21 heavy (non-hydrogen) atoms. The maximum atomic E-state index is 11.5. The summed E-state index contributed by atoms with van der Waals surface area (Å²) in [6, 6.07) is 7.84. The van der Waals surface area contributed by atoms with Crippen LogP contribution in [0.4, 0.5) is 0 Å². The van der Waals surface area contributed by atoms with Gasteiger partial charge in [0.05, 0.1) is 5.92 Å². The lowest BCUT2D eigenvalue weighted by atomic mass is 9.80. The number of carboxylic acid groups (broad SMARTS) is 1. The predicted octanol–water partition coefficient (Wildman–Crippen LogP) is 5.24. The Morgan fingerprint density at radius 2 is 2.05 bits per heavy atom. The Balaban J connectivity index is 1.95. The third-order valence-corrected chi connectivity index (χ3v) is 5.99. The summed E-state index contributed by atoms with van der Waals surface area (Å²) in [6.07, 6.45) is 5.37. The van der Waals surface area contributed by atoms with Gasteiger partial charge in [-0.1, -0.05) is 43.5 Å². The van der Waals surface area contributed by atoms with Gasteiger partial charge in [-0.05, 0) is 42.9 Å². The molecule has 1 fully saturated rings. The summed E-state index contributed by atoms with van der Waals surface area (Å²) >= 11 is 7.69. The van der Waals surface area contributed by atoms with Crippen LogP contribution < -0.4 is 0 Å². The van der Waals surface area contributed by atoms with E-state index in [1.807, 2.05) is 24.3 Å². The van der Waals surface area contributed by atoms with Crippen LogP contribution in [0.25, 0.3) is 0 Å². The molecule has 0 spiro atoms. The zero-order chi connectivity index (χ0) is 15.2. The number of halogens is 1. The maximum absolute atomic E-state index is 11.5. The fourth-order valence-electron chi connectivity index (χ4n) is 3.13. The number of rotatable bonds is 6. The molecule has 1 saturated carbocycles. The van der Waals surface area contributed by atoms with Crippen LogP contribution in [0.1, 0.15) is 44.6 Å². The van der Waals surface area contributed by atoms with Crippen LogP contribution >= 0.6 is 23.4 Å². The van der Waals surface area contributed by atoms with E-state index in [4.69, 9.17) is 11.6 Å². The lowest BCUT2D eigenvalue weighted by Gasteiger charge is -2.33. The minimum absolute atomic E-state index is 0.185. The average molecular weight is 327 g/mol. The standard InChI is InChI=1S/C17H23ClO2S/c1-2-3-12-6-9-15(17(19)20)16(10-12)21-11-13-4-7-14(18)8-5-13/h4-5,7-8,12,15-16H,2-3,6,9-11H2,1H3,(H,19,20). The number of hydrogen-bond acceptors (Lipinski definition) is 2. The number of benzene rings is 1. The molecule has 0 aliphatic heterocycles. The van der Waals surface area contributed by atoms with Crippen molar-refractivity contribution in [2.24, 2.45) is 11.8 Å². The molecule has 1 aromatic rings. The van der Waals surface area contributed by atoms with Gasteiger partial charge in [-0.15, -0.1) is 0 Å². The van der Waals surface area contributed by atoms with Crippen molar-refractivity contribution in [3.8, 4) is 0 Å². The van der Waals surface area contributed by atoms with Gasteiger partial charge in [-0.25, -0.2) is 0 Å². The zero-order valence-corrected chi connectivity index (χ0v) is 14.0. The van der Waals surface area contributed by atoms with E-state index in [-0.39, 0.29) is 11.2 Å². The molecule has 1 aliphatic rings. The summed E-state index contributed by atoms with van der Waals surface area (Å²) in [4.78, 5) is 11.5. The molecule has 1 aromatic carbocycles. The van der Waals surface area contributed by atoms with Crippen molar-refractivity contribution in [1.29, 1.82) is 0 Å². The fraction of sp³-hybridized carbons (Fsp3) is 0.588. The highest BCUT2D eigenvalue weighted by atomic mass is 35.5. The third kappa shape index (κ3) is 4.93. The minimum Gasteiger partial charge on any atom is -0.481 e. The van der Waals surface area contributed by atoms with Crippen LogP contribution in [0.15, 0.2) is 24.3 Å². The largest absolute Gasteiger partial charge is 0.481 e. The summed E-state index contributed by atoms with van der Waals surface area (Å²) in [6.45, 7) is 2.21. The molecule has 0 radical (unpaired) electrons. The van der Waals surface area contributed by atoms with Gasteiger partial charge in [0.1, 0.15) is 0 Å². The van der Waals surface area contributed by atoms with E-state index in [9.17, 15) is 9.90 Å². The molecule has 3 unspecified atom stereocenters. The van der Waals surface area contributed by atoms with Crippen molar-refractivity contribution in [3.05, 3.63) is 34.9 Å². The van der Waals surface area contributed by atoms with E-state index < -0.39 is 5.97 Å². The van der Waals surface area contributed by atoms with E-state index in [1.165, 1.54) is 18.4 Å². The third-order valence-electron chi connectivity index (χ3n) is 4.29. The predicted molar refractivity (Wildman–Crippen MR) is 89.9 cm³/mol. The van der Waals surface area contributed by atoms with Gasteiger partial charge in [0, 0.05) is 16.0 Å². The van der Waals surface area contributed by atoms with E-state index in [1.54, 1.807) is 11.8 Å². The topological polar surface area (TPSA) is 37.3 Å². The summed E-state index contributed by atoms with van der Waals surface area (Å²) in [5, 5.41) is 10.4. The van der Waals surface area contributed by atoms with Crippen molar-refractivity contribution in [2.45, 2.75) is 50.0 Å². The van der Waals surface area contributed by atoms with Crippen molar-refractivity contribution in [3.63, 3.8) is 0 Å². The second kappa shape index (κ2) is 8.09. The number of thioether (sulfide) groups is 1. The number of carbonyl (C=O) groups is 1. The van der Waals surface area contributed by atoms with Crippen molar-refractivity contribution in [1.82, 2.24) is 0 Å². The highest BCUT2D eigenvalue weighted by molar-refractivity contribution is 7.99. The lowest BCUT2D eigenvalue weighted by molar-refractivity contribution is -0.142.